The van der Waals surface area contributed by atoms with Gasteiger partial charge >= 0.3 is 6.18 Å². The fraction of sp³-hybridized carbons (Fsp3) is 0.320. The van der Waals surface area contributed by atoms with Gasteiger partial charge in [0.15, 0.2) is 0 Å². The molecule has 0 radical (unpaired) electrons. The standard InChI is InChI=1S/C25H22Cl2F3N3O3/c1-13-7-8-14(22(34)32-19-12-15(25(28,29)30)9-10-17(19)26)11-18(13)31-21-20(27)23(35)33(24(21)36)16-5-3-2-4-6-16/h7-12,16,31H,2-6H2,1H3,(H,32,34). The van der Waals surface area contributed by atoms with Crippen molar-refractivity contribution in [3.05, 3.63) is 68.8 Å². The van der Waals surface area contributed by atoms with Crippen molar-refractivity contribution in [2.75, 3.05) is 10.6 Å². The van der Waals surface area contributed by atoms with Gasteiger partial charge in [-0.2, -0.15) is 13.2 Å². The van der Waals surface area contributed by atoms with E-state index >= 15 is 0 Å². The Hall–Kier alpha value is -3.04. The second kappa shape index (κ2) is 10.1. The lowest BCUT2D eigenvalue weighted by Crippen LogP contribution is -2.42. The van der Waals surface area contributed by atoms with Gasteiger partial charge < -0.3 is 10.6 Å². The van der Waals surface area contributed by atoms with E-state index in [0.29, 0.717) is 11.3 Å². The van der Waals surface area contributed by atoms with Crippen LogP contribution in [-0.2, 0) is 15.8 Å². The Balaban J connectivity index is 1.55. The highest BCUT2D eigenvalue weighted by molar-refractivity contribution is 6.48. The molecule has 2 aromatic carbocycles. The number of nitrogens with one attached hydrogen (secondary N) is 2. The first-order valence-electron chi connectivity index (χ1n) is 11.3. The number of alkyl halides is 3. The first-order chi connectivity index (χ1) is 17.0. The molecular weight excluding hydrogens is 518 g/mol. The molecule has 1 aliphatic carbocycles. The molecule has 1 aliphatic heterocycles. The Morgan fingerprint density at radius 1 is 0.972 bits per heavy atom. The molecular formula is C25H22Cl2F3N3O3. The molecule has 6 nitrogen and oxygen atoms in total. The highest BCUT2D eigenvalue weighted by Crippen LogP contribution is 2.35. The van der Waals surface area contributed by atoms with E-state index in [1.165, 1.54) is 17.0 Å². The van der Waals surface area contributed by atoms with E-state index < -0.39 is 29.5 Å². The third kappa shape index (κ3) is 5.22. The van der Waals surface area contributed by atoms with Crippen LogP contribution < -0.4 is 10.6 Å². The van der Waals surface area contributed by atoms with Crippen LogP contribution in [0.2, 0.25) is 5.02 Å². The third-order valence-electron chi connectivity index (χ3n) is 6.30. The van der Waals surface area contributed by atoms with E-state index in [-0.39, 0.29) is 33.0 Å². The molecule has 2 aromatic rings. The zero-order valence-corrected chi connectivity index (χ0v) is 20.7. The Labute approximate surface area is 215 Å². The number of nitrogens with zero attached hydrogens (tertiary/aromatic N) is 1. The van der Waals surface area contributed by atoms with Gasteiger partial charge in [-0.05, 0) is 55.7 Å². The molecule has 0 saturated heterocycles. The fourth-order valence-electron chi connectivity index (χ4n) is 4.32. The molecule has 0 unspecified atom stereocenters. The van der Waals surface area contributed by atoms with Crippen LogP contribution >= 0.6 is 23.2 Å². The number of halogens is 5. The van der Waals surface area contributed by atoms with Gasteiger partial charge in [0, 0.05) is 17.3 Å². The maximum absolute atomic E-state index is 13.1. The van der Waals surface area contributed by atoms with Crippen LogP contribution in [0, 0.1) is 6.92 Å². The third-order valence-corrected chi connectivity index (χ3v) is 6.98. The Morgan fingerprint density at radius 2 is 1.67 bits per heavy atom. The summed E-state index contributed by atoms with van der Waals surface area (Å²) in [5.41, 5.74) is -0.142. The number of hydrogen-bond acceptors (Lipinski definition) is 4. The molecule has 1 fully saturated rings. The summed E-state index contributed by atoms with van der Waals surface area (Å²) in [6.07, 6.45) is -0.251. The first-order valence-corrected chi connectivity index (χ1v) is 12.1. The monoisotopic (exact) mass is 539 g/mol. The first kappa shape index (κ1) is 26.0. The van der Waals surface area contributed by atoms with E-state index in [2.05, 4.69) is 10.6 Å². The summed E-state index contributed by atoms with van der Waals surface area (Å²) >= 11 is 12.2. The van der Waals surface area contributed by atoms with Crippen molar-refractivity contribution in [1.29, 1.82) is 0 Å². The molecule has 190 valence electrons. The van der Waals surface area contributed by atoms with Crippen molar-refractivity contribution in [3.8, 4) is 0 Å². The molecule has 3 amide bonds. The summed E-state index contributed by atoms with van der Waals surface area (Å²) < 4.78 is 39.2. The Kier molecular flexibility index (Phi) is 7.33. The van der Waals surface area contributed by atoms with Gasteiger partial charge in [0.1, 0.15) is 10.7 Å². The van der Waals surface area contributed by atoms with Gasteiger partial charge in [-0.25, -0.2) is 0 Å². The molecule has 1 heterocycles. The molecule has 2 N–H and O–H groups in total. The molecule has 4 rings (SSSR count). The van der Waals surface area contributed by atoms with Gasteiger partial charge in [0.25, 0.3) is 17.7 Å². The quantitative estimate of drug-likeness (QED) is 0.426. The minimum atomic E-state index is -4.60. The van der Waals surface area contributed by atoms with Crippen molar-refractivity contribution in [2.24, 2.45) is 0 Å². The number of carbonyl (C=O) groups excluding carboxylic acids is 3. The van der Waals surface area contributed by atoms with E-state index in [1.54, 1.807) is 13.0 Å². The van der Waals surface area contributed by atoms with Gasteiger partial charge in [-0.1, -0.05) is 48.5 Å². The zero-order chi connectivity index (χ0) is 26.2. The number of imide groups is 1. The van der Waals surface area contributed by atoms with Crippen molar-refractivity contribution in [2.45, 2.75) is 51.2 Å². The van der Waals surface area contributed by atoms with E-state index in [4.69, 9.17) is 23.2 Å². The molecule has 2 aliphatic rings. The highest BCUT2D eigenvalue weighted by Gasteiger charge is 2.42. The summed E-state index contributed by atoms with van der Waals surface area (Å²) in [5, 5.41) is 4.99. The second-order valence-corrected chi connectivity index (χ2v) is 9.55. The SMILES string of the molecule is Cc1ccc(C(=O)Nc2cc(C(F)(F)F)ccc2Cl)cc1NC1=C(Cl)C(=O)N(C2CCCCC2)C1=O. The largest absolute Gasteiger partial charge is 0.416 e. The summed E-state index contributed by atoms with van der Waals surface area (Å²) in [7, 11) is 0. The van der Waals surface area contributed by atoms with Gasteiger partial charge in [-0.15, -0.1) is 0 Å². The number of benzene rings is 2. The average Bonchev–Trinajstić information content (AvgIpc) is 3.04. The minimum absolute atomic E-state index is 0.0587. The topological polar surface area (TPSA) is 78.5 Å². The van der Waals surface area contributed by atoms with Crippen molar-refractivity contribution in [1.82, 2.24) is 4.90 Å². The highest BCUT2D eigenvalue weighted by atomic mass is 35.5. The Bertz CT molecular complexity index is 1270. The van der Waals surface area contributed by atoms with Gasteiger partial charge in [-0.3, -0.25) is 19.3 Å². The number of aryl methyl sites for hydroxylation is 1. The molecule has 0 spiro atoms. The maximum Gasteiger partial charge on any atom is 0.416 e. The van der Waals surface area contributed by atoms with Crippen LogP contribution in [0.25, 0.3) is 0 Å². The van der Waals surface area contributed by atoms with Crippen molar-refractivity contribution >= 4 is 52.3 Å². The van der Waals surface area contributed by atoms with Crippen LogP contribution in [0.1, 0.15) is 53.6 Å². The predicted octanol–water partition coefficient (Wildman–Crippen LogP) is 6.48. The molecule has 0 aromatic heterocycles. The van der Waals surface area contributed by atoms with E-state index in [9.17, 15) is 27.6 Å². The van der Waals surface area contributed by atoms with E-state index in [1.807, 2.05) is 0 Å². The summed E-state index contributed by atoms with van der Waals surface area (Å²) in [6, 6.07) is 6.91. The number of rotatable bonds is 5. The summed E-state index contributed by atoms with van der Waals surface area (Å²) in [6.45, 7) is 1.72. The number of hydrogen-bond donors (Lipinski definition) is 2. The molecule has 36 heavy (non-hydrogen) atoms. The second-order valence-electron chi connectivity index (χ2n) is 8.76. The summed E-state index contributed by atoms with van der Waals surface area (Å²) in [4.78, 5) is 39.8. The van der Waals surface area contributed by atoms with Crippen molar-refractivity contribution in [3.63, 3.8) is 0 Å². The van der Waals surface area contributed by atoms with E-state index in [0.717, 1.165) is 50.3 Å². The van der Waals surface area contributed by atoms with Crippen LogP contribution in [0.3, 0.4) is 0 Å². The fourth-order valence-corrected chi connectivity index (χ4v) is 4.71. The normalized spacial score (nSPS) is 17.1. The number of anilines is 2. The van der Waals surface area contributed by atoms with Crippen LogP contribution in [0.15, 0.2) is 47.1 Å². The van der Waals surface area contributed by atoms with Crippen molar-refractivity contribution < 1.29 is 27.6 Å². The smallest absolute Gasteiger partial charge is 0.349 e. The predicted molar refractivity (Wildman–Crippen MR) is 131 cm³/mol. The van der Waals surface area contributed by atoms with Crippen LogP contribution in [-0.4, -0.2) is 28.7 Å². The van der Waals surface area contributed by atoms with Crippen LogP contribution in [0.4, 0.5) is 24.5 Å². The molecule has 1 saturated carbocycles. The van der Waals surface area contributed by atoms with Gasteiger partial charge in [0.2, 0.25) is 0 Å². The Morgan fingerprint density at radius 3 is 2.33 bits per heavy atom. The molecule has 0 atom stereocenters. The zero-order valence-electron chi connectivity index (χ0n) is 19.1. The molecule has 11 heteroatoms. The van der Waals surface area contributed by atoms with Gasteiger partial charge in [0.05, 0.1) is 16.3 Å². The van der Waals surface area contributed by atoms with Crippen LogP contribution in [0.5, 0.6) is 0 Å². The number of carbonyl (C=O) groups is 3. The summed E-state index contributed by atoms with van der Waals surface area (Å²) in [5.74, 6) is -1.79. The lowest BCUT2D eigenvalue weighted by Gasteiger charge is -2.29. The molecule has 0 bridgehead atoms. The minimum Gasteiger partial charge on any atom is -0.349 e. The maximum atomic E-state index is 13.1. The number of amides is 3. The lowest BCUT2D eigenvalue weighted by atomic mass is 9.94. The lowest BCUT2D eigenvalue weighted by molar-refractivity contribution is -0.141. The average molecular weight is 540 g/mol.